The molecule has 0 saturated heterocycles. The maximum Gasteiger partial charge on any atom is 0.339 e. The molecule has 2 aromatic rings. The van der Waals surface area contributed by atoms with Gasteiger partial charge in [0.15, 0.2) is 17.7 Å². The lowest BCUT2D eigenvalue weighted by molar-refractivity contribution is -0.123. The number of ether oxygens (including phenoxy) is 2. The average molecular weight is 359 g/mol. The van der Waals surface area contributed by atoms with Gasteiger partial charge in [0.1, 0.15) is 0 Å². The van der Waals surface area contributed by atoms with Crippen molar-refractivity contribution in [2.45, 2.75) is 33.8 Å². The van der Waals surface area contributed by atoms with Crippen LogP contribution in [0.2, 0.25) is 0 Å². The fraction of sp³-hybridized carbons (Fsp3) is 0.300. The first-order valence-corrected chi connectivity index (χ1v) is 8.16. The number of esters is 1. The highest BCUT2D eigenvalue weighted by Gasteiger charge is 2.21. The van der Waals surface area contributed by atoms with Gasteiger partial charge in [0.2, 0.25) is 0 Å². The van der Waals surface area contributed by atoms with E-state index >= 15 is 0 Å². The van der Waals surface area contributed by atoms with Crippen LogP contribution in [0, 0.1) is 26.6 Å². The maximum absolute atomic E-state index is 13.7. The number of aryl methyl sites for hydroxylation is 3. The Balaban J connectivity index is 2.07. The molecule has 1 atom stereocenters. The SMILES string of the molecule is COc1ccc(C(=O)O[C@@H](C)C(=O)Nc2c(C)cc(C)cc2C)cc1F. The number of methoxy groups -OCH3 is 1. The van der Waals surface area contributed by atoms with Crippen molar-refractivity contribution in [3.05, 3.63) is 58.4 Å². The molecule has 0 aliphatic carbocycles. The maximum atomic E-state index is 13.7. The third-order valence-electron chi connectivity index (χ3n) is 3.97. The molecular formula is C20H22FNO4. The van der Waals surface area contributed by atoms with Crippen LogP contribution in [0.3, 0.4) is 0 Å². The molecule has 26 heavy (non-hydrogen) atoms. The number of benzene rings is 2. The summed E-state index contributed by atoms with van der Waals surface area (Å²) in [4.78, 5) is 24.5. The van der Waals surface area contributed by atoms with Gasteiger partial charge in [0.25, 0.3) is 5.91 Å². The van der Waals surface area contributed by atoms with Crippen LogP contribution in [0.15, 0.2) is 30.3 Å². The van der Waals surface area contributed by atoms with E-state index in [9.17, 15) is 14.0 Å². The van der Waals surface area contributed by atoms with E-state index in [0.29, 0.717) is 5.69 Å². The summed E-state index contributed by atoms with van der Waals surface area (Å²) in [5, 5.41) is 2.78. The first-order chi connectivity index (χ1) is 12.2. The summed E-state index contributed by atoms with van der Waals surface area (Å²) >= 11 is 0. The number of hydrogen-bond acceptors (Lipinski definition) is 4. The van der Waals surface area contributed by atoms with Crippen molar-refractivity contribution in [1.82, 2.24) is 0 Å². The lowest BCUT2D eigenvalue weighted by Gasteiger charge is -2.17. The summed E-state index contributed by atoms with van der Waals surface area (Å²) in [7, 11) is 1.33. The highest BCUT2D eigenvalue weighted by atomic mass is 19.1. The van der Waals surface area contributed by atoms with Gasteiger partial charge in [-0.1, -0.05) is 17.7 Å². The topological polar surface area (TPSA) is 64.6 Å². The van der Waals surface area contributed by atoms with Gasteiger partial charge in [-0.2, -0.15) is 0 Å². The van der Waals surface area contributed by atoms with E-state index in [1.54, 1.807) is 0 Å². The van der Waals surface area contributed by atoms with Gasteiger partial charge in [0, 0.05) is 5.69 Å². The Bertz CT molecular complexity index is 825. The lowest BCUT2D eigenvalue weighted by Crippen LogP contribution is -2.30. The summed E-state index contributed by atoms with van der Waals surface area (Å²) in [5.41, 5.74) is 3.64. The van der Waals surface area contributed by atoms with E-state index in [2.05, 4.69) is 5.32 Å². The van der Waals surface area contributed by atoms with Gasteiger partial charge in [-0.05, 0) is 57.0 Å². The van der Waals surface area contributed by atoms with Crippen LogP contribution in [-0.4, -0.2) is 25.1 Å². The molecule has 1 amide bonds. The number of halogens is 1. The van der Waals surface area contributed by atoms with Gasteiger partial charge in [0.05, 0.1) is 12.7 Å². The van der Waals surface area contributed by atoms with Crippen molar-refractivity contribution < 1.29 is 23.5 Å². The molecule has 2 rings (SSSR count). The van der Waals surface area contributed by atoms with Gasteiger partial charge in [-0.3, -0.25) is 4.79 Å². The number of carbonyl (C=O) groups excluding carboxylic acids is 2. The van der Waals surface area contributed by atoms with E-state index in [1.807, 2.05) is 32.9 Å². The Kier molecular flexibility index (Phi) is 5.97. The molecular weight excluding hydrogens is 337 g/mol. The Morgan fingerprint density at radius 2 is 1.69 bits per heavy atom. The minimum atomic E-state index is -1.03. The van der Waals surface area contributed by atoms with Crippen molar-refractivity contribution in [3.8, 4) is 5.75 Å². The van der Waals surface area contributed by atoms with Gasteiger partial charge < -0.3 is 14.8 Å². The number of anilines is 1. The Morgan fingerprint density at radius 3 is 2.23 bits per heavy atom. The zero-order valence-corrected chi connectivity index (χ0v) is 15.5. The van der Waals surface area contributed by atoms with Crippen molar-refractivity contribution >= 4 is 17.6 Å². The average Bonchev–Trinajstić information content (AvgIpc) is 2.57. The summed E-state index contributed by atoms with van der Waals surface area (Å²) in [6, 6.07) is 7.64. The largest absolute Gasteiger partial charge is 0.494 e. The predicted molar refractivity (Wildman–Crippen MR) is 97.1 cm³/mol. The fourth-order valence-electron chi connectivity index (χ4n) is 2.68. The molecule has 0 heterocycles. The quantitative estimate of drug-likeness (QED) is 0.821. The Hall–Kier alpha value is -2.89. The molecule has 1 N–H and O–H groups in total. The minimum Gasteiger partial charge on any atom is -0.494 e. The third kappa shape index (κ3) is 4.39. The van der Waals surface area contributed by atoms with Crippen LogP contribution in [0.1, 0.15) is 34.0 Å². The predicted octanol–water partition coefficient (Wildman–Crippen LogP) is 3.94. The Morgan fingerprint density at radius 1 is 1.08 bits per heavy atom. The molecule has 0 aliphatic rings. The normalized spacial score (nSPS) is 11.6. The molecule has 138 valence electrons. The summed E-state index contributed by atoms with van der Waals surface area (Å²) in [6.07, 6.45) is -1.03. The molecule has 0 unspecified atom stereocenters. The first kappa shape index (κ1) is 19.4. The van der Waals surface area contributed by atoms with E-state index in [-0.39, 0.29) is 11.3 Å². The van der Waals surface area contributed by atoms with E-state index in [0.717, 1.165) is 22.8 Å². The third-order valence-corrected chi connectivity index (χ3v) is 3.97. The summed E-state index contributed by atoms with van der Waals surface area (Å²) in [6.45, 7) is 7.23. The van der Waals surface area contributed by atoms with Gasteiger partial charge in [-0.25, -0.2) is 9.18 Å². The minimum absolute atomic E-state index is 0.00523. The molecule has 0 saturated carbocycles. The number of carbonyl (C=O) groups is 2. The van der Waals surface area contributed by atoms with E-state index in [4.69, 9.17) is 9.47 Å². The molecule has 0 fully saturated rings. The zero-order chi connectivity index (χ0) is 19.4. The van der Waals surface area contributed by atoms with Crippen molar-refractivity contribution in [3.63, 3.8) is 0 Å². The standard InChI is InChI=1S/C20H22FNO4/c1-11-8-12(2)18(13(3)9-11)22-19(23)14(4)26-20(24)15-6-7-17(25-5)16(21)10-15/h6-10,14H,1-5H3,(H,22,23)/t14-/m0/s1. The molecule has 0 radical (unpaired) electrons. The number of nitrogens with one attached hydrogen (secondary N) is 1. The second-order valence-corrected chi connectivity index (χ2v) is 6.16. The lowest BCUT2D eigenvalue weighted by atomic mass is 10.0. The highest BCUT2D eigenvalue weighted by Crippen LogP contribution is 2.23. The smallest absolute Gasteiger partial charge is 0.339 e. The van der Waals surface area contributed by atoms with Gasteiger partial charge >= 0.3 is 5.97 Å². The van der Waals surface area contributed by atoms with Crippen molar-refractivity contribution in [2.24, 2.45) is 0 Å². The van der Waals surface area contributed by atoms with Crippen molar-refractivity contribution in [2.75, 3.05) is 12.4 Å². The zero-order valence-electron chi connectivity index (χ0n) is 15.5. The molecule has 5 nitrogen and oxygen atoms in total. The number of amides is 1. The van der Waals surface area contributed by atoms with Crippen LogP contribution in [-0.2, 0) is 9.53 Å². The second-order valence-electron chi connectivity index (χ2n) is 6.16. The van der Waals surface area contributed by atoms with E-state index < -0.39 is 23.8 Å². The van der Waals surface area contributed by atoms with Gasteiger partial charge in [-0.15, -0.1) is 0 Å². The number of rotatable bonds is 5. The van der Waals surface area contributed by atoms with Crippen LogP contribution in [0.5, 0.6) is 5.75 Å². The highest BCUT2D eigenvalue weighted by molar-refractivity contribution is 5.98. The van der Waals surface area contributed by atoms with Crippen LogP contribution in [0.4, 0.5) is 10.1 Å². The molecule has 0 bridgehead atoms. The van der Waals surface area contributed by atoms with Crippen LogP contribution >= 0.6 is 0 Å². The van der Waals surface area contributed by atoms with Crippen molar-refractivity contribution in [1.29, 1.82) is 0 Å². The van der Waals surface area contributed by atoms with Crippen LogP contribution in [0.25, 0.3) is 0 Å². The first-order valence-electron chi connectivity index (χ1n) is 8.16. The molecule has 0 aromatic heterocycles. The fourth-order valence-corrected chi connectivity index (χ4v) is 2.68. The van der Waals surface area contributed by atoms with E-state index in [1.165, 1.54) is 26.2 Å². The molecule has 0 spiro atoms. The number of hydrogen-bond donors (Lipinski definition) is 1. The summed E-state index contributed by atoms with van der Waals surface area (Å²) in [5.74, 6) is -1.89. The summed E-state index contributed by atoms with van der Waals surface area (Å²) < 4.78 is 23.7. The Labute approximate surface area is 152 Å². The molecule has 0 aliphatic heterocycles. The second kappa shape index (κ2) is 7.99. The monoisotopic (exact) mass is 359 g/mol. The van der Waals surface area contributed by atoms with Crippen LogP contribution < -0.4 is 10.1 Å². The molecule has 6 heteroatoms. The molecule has 2 aromatic carbocycles.